The Hall–Kier alpha value is -1.73. The Balaban J connectivity index is 1.48. The van der Waals surface area contributed by atoms with E-state index in [0.717, 1.165) is 63.4 Å². The molecule has 2 aliphatic heterocycles. The maximum Gasteiger partial charge on any atom is 0.228 e. The summed E-state index contributed by atoms with van der Waals surface area (Å²) in [5, 5.41) is 12.4. The predicted octanol–water partition coefficient (Wildman–Crippen LogP) is 1.42. The van der Waals surface area contributed by atoms with Gasteiger partial charge in [-0.15, -0.1) is 0 Å². The first-order valence-corrected chi connectivity index (χ1v) is 10.2. The molecule has 148 valence electrons. The number of carbonyl (C=O) groups is 1. The number of hydrogen-bond donors (Lipinski definition) is 2. The Morgan fingerprint density at radius 1 is 1.33 bits per heavy atom. The summed E-state index contributed by atoms with van der Waals surface area (Å²) < 4.78 is 5.39. The highest BCUT2D eigenvalue weighted by Gasteiger charge is 2.45. The maximum absolute atomic E-state index is 12.7. The van der Waals surface area contributed by atoms with E-state index in [1.54, 1.807) is 0 Å². The first kappa shape index (κ1) is 18.6. The molecule has 1 aromatic rings. The minimum Gasteiger partial charge on any atom is -0.396 e. The molecule has 1 atom stereocenters. The van der Waals surface area contributed by atoms with Gasteiger partial charge in [0.2, 0.25) is 5.91 Å². The number of aliphatic hydroxyl groups excluding tert-OH is 1. The third-order valence-electron chi connectivity index (χ3n) is 6.41. The first-order chi connectivity index (χ1) is 13.1. The van der Waals surface area contributed by atoms with Crippen LogP contribution in [0.15, 0.2) is 0 Å². The number of nitrogens with one attached hydrogen (secondary N) is 1. The number of likely N-dealkylation sites (tertiary alicyclic amines) is 1. The molecule has 27 heavy (non-hydrogen) atoms. The van der Waals surface area contributed by atoms with Crippen LogP contribution in [0.25, 0.3) is 0 Å². The number of ether oxygens (including phenoxy) is 1. The smallest absolute Gasteiger partial charge is 0.228 e. The first-order valence-electron chi connectivity index (χ1n) is 10.2. The summed E-state index contributed by atoms with van der Waals surface area (Å²) in [6.45, 7) is 5.76. The quantitative estimate of drug-likeness (QED) is 0.758. The van der Waals surface area contributed by atoms with Crippen molar-refractivity contribution in [1.82, 2.24) is 14.9 Å². The summed E-state index contributed by atoms with van der Waals surface area (Å²) in [5.74, 6) is 2.06. The number of aromatic nitrogens is 2. The number of fused-ring (bicyclic) bond motifs is 2. The number of aryl methyl sites for hydroxylation is 1. The largest absolute Gasteiger partial charge is 0.396 e. The lowest BCUT2D eigenvalue weighted by Crippen LogP contribution is -2.46. The van der Waals surface area contributed by atoms with Gasteiger partial charge in [-0.1, -0.05) is 0 Å². The average molecular weight is 374 g/mol. The molecule has 1 aliphatic carbocycles. The van der Waals surface area contributed by atoms with Crippen LogP contribution in [-0.2, 0) is 21.4 Å². The number of anilines is 1. The molecular formula is C20H30N4O3. The minimum absolute atomic E-state index is 0.0572. The molecule has 0 aromatic carbocycles. The third-order valence-corrected chi connectivity index (χ3v) is 6.41. The van der Waals surface area contributed by atoms with Gasteiger partial charge in [0.25, 0.3) is 0 Å². The van der Waals surface area contributed by atoms with Crippen LogP contribution in [0.1, 0.15) is 49.2 Å². The number of hydrogen-bond acceptors (Lipinski definition) is 6. The van der Waals surface area contributed by atoms with Crippen LogP contribution in [0.3, 0.4) is 0 Å². The van der Waals surface area contributed by atoms with Crippen molar-refractivity contribution in [2.24, 2.45) is 5.92 Å². The number of rotatable bonds is 5. The van der Waals surface area contributed by atoms with Crippen molar-refractivity contribution in [3.63, 3.8) is 0 Å². The van der Waals surface area contributed by atoms with Gasteiger partial charge in [-0.3, -0.25) is 4.79 Å². The van der Waals surface area contributed by atoms with E-state index in [1.807, 2.05) is 11.8 Å². The molecule has 2 N–H and O–H groups in total. The van der Waals surface area contributed by atoms with Crippen molar-refractivity contribution in [3.8, 4) is 0 Å². The highest BCUT2D eigenvalue weighted by atomic mass is 16.5. The van der Waals surface area contributed by atoms with E-state index in [0.29, 0.717) is 19.6 Å². The van der Waals surface area contributed by atoms with Crippen molar-refractivity contribution in [2.45, 2.75) is 50.9 Å². The number of carbonyl (C=O) groups excluding carboxylic acids is 1. The molecule has 1 spiro atoms. The fourth-order valence-corrected chi connectivity index (χ4v) is 4.82. The molecule has 2 saturated heterocycles. The molecule has 1 aromatic heterocycles. The molecule has 4 rings (SSSR count). The standard InChI is InChI=1S/C20H30N4O3/c1-14-22-17-16(18(23-14)21-8-2-11-25)3-5-20(17)6-9-24(10-7-20)19(26)15-4-12-27-13-15/h15,25H,2-13H2,1H3,(H,21,22,23). The van der Waals surface area contributed by atoms with E-state index >= 15 is 0 Å². The van der Waals surface area contributed by atoms with Gasteiger partial charge in [0.15, 0.2) is 0 Å². The van der Waals surface area contributed by atoms with Crippen LogP contribution in [0, 0.1) is 12.8 Å². The maximum atomic E-state index is 12.7. The van der Waals surface area contributed by atoms with Gasteiger partial charge < -0.3 is 20.1 Å². The molecule has 7 heteroatoms. The number of aliphatic hydroxyl groups is 1. The van der Waals surface area contributed by atoms with Gasteiger partial charge in [-0.05, 0) is 45.4 Å². The topological polar surface area (TPSA) is 87.6 Å². The molecule has 1 amide bonds. The van der Waals surface area contributed by atoms with Crippen LogP contribution in [0.4, 0.5) is 5.82 Å². The second kappa shape index (κ2) is 7.72. The predicted molar refractivity (Wildman–Crippen MR) is 102 cm³/mol. The van der Waals surface area contributed by atoms with Gasteiger partial charge >= 0.3 is 0 Å². The summed E-state index contributed by atoms with van der Waals surface area (Å²) in [7, 11) is 0. The lowest BCUT2D eigenvalue weighted by molar-refractivity contribution is -0.137. The second-order valence-electron chi connectivity index (χ2n) is 8.12. The molecule has 0 bridgehead atoms. The van der Waals surface area contributed by atoms with Gasteiger partial charge in [-0.2, -0.15) is 0 Å². The zero-order valence-electron chi connectivity index (χ0n) is 16.2. The van der Waals surface area contributed by atoms with E-state index in [1.165, 1.54) is 11.3 Å². The van der Waals surface area contributed by atoms with Crippen molar-refractivity contribution < 1.29 is 14.6 Å². The lowest BCUT2D eigenvalue weighted by Gasteiger charge is -2.40. The Labute approximate surface area is 160 Å². The summed E-state index contributed by atoms with van der Waals surface area (Å²) in [4.78, 5) is 24.2. The average Bonchev–Trinajstić information content (AvgIpc) is 3.32. The molecule has 0 radical (unpaired) electrons. The summed E-state index contributed by atoms with van der Waals surface area (Å²) in [6, 6.07) is 0. The normalized spacial score (nSPS) is 23.6. The summed E-state index contributed by atoms with van der Waals surface area (Å²) in [5.41, 5.74) is 2.51. The minimum atomic E-state index is 0.0572. The third kappa shape index (κ3) is 3.55. The molecule has 0 saturated carbocycles. The monoisotopic (exact) mass is 374 g/mol. The molecular weight excluding hydrogens is 344 g/mol. The number of piperidine rings is 1. The van der Waals surface area contributed by atoms with Crippen LogP contribution in [0.5, 0.6) is 0 Å². The fourth-order valence-electron chi connectivity index (χ4n) is 4.82. The van der Waals surface area contributed by atoms with Gasteiger partial charge in [0.1, 0.15) is 11.6 Å². The Morgan fingerprint density at radius 2 is 2.15 bits per heavy atom. The van der Waals surface area contributed by atoms with Crippen molar-refractivity contribution >= 4 is 11.7 Å². The highest BCUT2D eigenvalue weighted by molar-refractivity contribution is 5.79. The second-order valence-corrected chi connectivity index (χ2v) is 8.12. The lowest BCUT2D eigenvalue weighted by atomic mass is 9.76. The SMILES string of the molecule is Cc1nc(NCCCO)c2c(n1)C1(CC2)CCN(C(=O)C2CCOC2)CC1. The molecule has 3 aliphatic rings. The number of amides is 1. The highest BCUT2D eigenvalue weighted by Crippen LogP contribution is 2.47. The van der Waals surface area contributed by atoms with Crippen molar-refractivity contribution in [2.75, 3.05) is 44.8 Å². The van der Waals surface area contributed by atoms with E-state index in [4.69, 9.17) is 14.8 Å². The molecule has 2 fully saturated rings. The van der Waals surface area contributed by atoms with Gasteiger partial charge in [0.05, 0.1) is 18.2 Å². The van der Waals surface area contributed by atoms with Crippen LogP contribution < -0.4 is 5.32 Å². The zero-order chi connectivity index (χ0) is 18.9. The molecule has 7 nitrogen and oxygen atoms in total. The van der Waals surface area contributed by atoms with Gasteiger partial charge in [-0.25, -0.2) is 9.97 Å². The zero-order valence-corrected chi connectivity index (χ0v) is 16.2. The Kier molecular flexibility index (Phi) is 5.32. The summed E-state index contributed by atoms with van der Waals surface area (Å²) in [6.07, 6.45) is 5.60. The van der Waals surface area contributed by atoms with Crippen molar-refractivity contribution in [3.05, 3.63) is 17.1 Å². The van der Waals surface area contributed by atoms with Crippen LogP contribution in [0.2, 0.25) is 0 Å². The van der Waals surface area contributed by atoms with Crippen LogP contribution >= 0.6 is 0 Å². The van der Waals surface area contributed by atoms with E-state index in [2.05, 4.69) is 10.3 Å². The summed E-state index contributed by atoms with van der Waals surface area (Å²) >= 11 is 0. The Morgan fingerprint density at radius 3 is 2.85 bits per heavy atom. The van der Waals surface area contributed by atoms with Crippen molar-refractivity contribution in [1.29, 1.82) is 0 Å². The van der Waals surface area contributed by atoms with E-state index < -0.39 is 0 Å². The van der Waals surface area contributed by atoms with E-state index in [-0.39, 0.29) is 23.8 Å². The number of nitrogens with zero attached hydrogens (tertiary/aromatic N) is 3. The fraction of sp³-hybridized carbons (Fsp3) is 0.750. The van der Waals surface area contributed by atoms with Gasteiger partial charge in [0, 0.05) is 43.8 Å². The van der Waals surface area contributed by atoms with E-state index in [9.17, 15) is 4.79 Å². The molecule has 3 heterocycles. The molecule has 1 unspecified atom stereocenters. The van der Waals surface area contributed by atoms with Crippen LogP contribution in [-0.4, -0.2) is 65.3 Å². The Bertz CT molecular complexity index is 695.